The molecule has 110 valence electrons. The molecule has 0 radical (unpaired) electrons. The topological polar surface area (TPSA) is 15.3 Å². The van der Waals surface area contributed by atoms with Crippen LogP contribution in [0, 0.1) is 0 Å². The van der Waals surface area contributed by atoms with Gasteiger partial charge in [-0.15, -0.1) is 0 Å². The summed E-state index contributed by atoms with van der Waals surface area (Å²) in [6, 6.07) is 1.67. The Kier molecular flexibility index (Phi) is 4.48. The second-order valence-corrected chi connectivity index (χ2v) is 7.37. The minimum absolute atomic E-state index is 0.483. The molecule has 0 aromatic carbocycles. The Labute approximate surface area is 119 Å². The lowest BCUT2D eigenvalue weighted by atomic mass is 9.95. The maximum atomic E-state index is 3.93. The molecule has 1 atom stereocenters. The van der Waals surface area contributed by atoms with Gasteiger partial charge >= 0.3 is 0 Å². The Morgan fingerprint density at radius 1 is 0.895 bits per heavy atom. The summed E-state index contributed by atoms with van der Waals surface area (Å²) in [5.41, 5.74) is 0.483. The van der Waals surface area contributed by atoms with E-state index in [4.69, 9.17) is 0 Å². The summed E-state index contributed by atoms with van der Waals surface area (Å²) in [7, 11) is 0. The minimum Gasteiger partial charge on any atom is -0.310 e. The smallest absolute Gasteiger partial charge is 0.0309 e. The van der Waals surface area contributed by atoms with Gasteiger partial charge < -0.3 is 5.32 Å². The van der Waals surface area contributed by atoms with Crippen LogP contribution in [0.2, 0.25) is 0 Å². The lowest BCUT2D eigenvalue weighted by Crippen LogP contribution is -2.52. The molecule has 19 heavy (non-hydrogen) atoms. The average Bonchev–Trinajstić information content (AvgIpc) is 2.62. The molecule has 1 spiro atoms. The third-order valence-electron chi connectivity index (χ3n) is 5.97. The summed E-state index contributed by atoms with van der Waals surface area (Å²) in [5, 5.41) is 3.93. The summed E-state index contributed by atoms with van der Waals surface area (Å²) in [5.74, 6) is 0. The first-order valence-electron chi connectivity index (χ1n) is 8.80. The van der Waals surface area contributed by atoms with Crippen molar-refractivity contribution in [3.63, 3.8) is 0 Å². The fourth-order valence-corrected chi connectivity index (χ4v) is 4.74. The molecule has 3 aliphatic rings. The summed E-state index contributed by atoms with van der Waals surface area (Å²) in [4.78, 5) is 2.91. The van der Waals surface area contributed by atoms with Gasteiger partial charge in [0.1, 0.15) is 0 Å². The van der Waals surface area contributed by atoms with Crippen molar-refractivity contribution in [3.05, 3.63) is 0 Å². The molecule has 0 bridgehead atoms. The molecule has 3 fully saturated rings. The largest absolute Gasteiger partial charge is 0.310 e. The number of nitrogens with one attached hydrogen (secondary N) is 1. The highest BCUT2D eigenvalue weighted by Crippen LogP contribution is 2.35. The zero-order valence-corrected chi connectivity index (χ0v) is 12.8. The van der Waals surface area contributed by atoms with Crippen LogP contribution in [0.25, 0.3) is 0 Å². The Balaban J connectivity index is 1.72. The second-order valence-electron chi connectivity index (χ2n) is 7.37. The molecular weight excluding hydrogens is 232 g/mol. The molecule has 1 N–H and O–H groups in total. The molecule has 1 heterocycles. The van der Waals surface area contributed by atoms with Gasteiger partial charge in [0.15, 0.2) is 0 Å². The molecule has 1 saturated heterocycles. The Hall–Kier alpha value is -0.0800. The van der Waals surface area contributed by atoms with E-state index in [1.807, 2.05) is 0 Å². The van der Waals surface area contributed by atoms with E-state index in [0.717, 1.165) is 12.1 Å². The normalized spacial score (nSPS) is 34.3. The molecule has 0 aromatic rings. The lowest BCUT2D eigenvalue weighted by molar-refractivity contribution is 0.104. The van der Waals surface area contributed by atoms with Gasteiger partial charge in [-0.1, -0.05) is 38.5 Å². The predicted molar refractivity (Wildman–Crippen MR) is 81.5 cm³/mol. The third kappa shape index (κ3) is 3.16. The van der Waals surface area contributed by atoms with Crippen LogP contribution in [0.3, 0.4) is 0 Å². The van der Waals surface area contributed by atoms with E-state index >= 15 is 0 Å². The summed E-state index contributed by atoms with van der Waals surface area (Å²) < 4.78 is 0. The molecular formula is C17H32N2. The van der Waals surface area contributed by atoms with Crippen molar-refractivity contribution >= 4 is 0 Å². The first kappa shape index (κ1) is 13.9. The number of nitrogens with zero attached hydrogens (tertiary/aromatic N) is 1. The van der Waals surface area contributed by atoms with Gasteiger partial charge in [-0.2, -0.15) is 0 Å². The van der Waals surface area contributed by atoms with Gasteiger partial charge in [-0.25, -0.2) is 0 Å². The maximum absolute atomic E-state index is 3.93. The van der Waals surface area contributed by atoms with E-state index in [-0.39, 0.29) is 0 Å². The minimum atomic E-state index is 0.483. The summed E-state index contributed by atoms with van der Waals surface area (Å²) >= 11 is 0. The van der Waals surface area contributed by atoms with Gasteiger partial charge in [0.2, 0.25) is 0 Å². The fourth-order valence-electron chi connectivity index (χ4n) is 4.74. The van der Waals surface area contributed by atoms with Gasteiger partial charge in [-0.3, -0.25) is 4.90 Å². The average molecular weight is 264 g/mol. The fraction of sp³-hybridized carbons (Fsp3) is 1.00. The molecule has 3 rings (SSSR count). The molecule has 0 aromatic heterocycles. The van der Waals surface area contributed by atoms with Crippen molar-refractivity contribution < 1.29 is 0 Å². The molecule has 2 heteroatoms. The van der Waals surface area contributed by atoms with Crippen molar-refractivity contribution in [3.8, 4) is 0 Å². The van der Waals surface area contributed by atoms with E-state index in [0.29, 0.717) is 5.54 Å². The van der Waals surface area contributed by atoms with Gasteiger partial charge in [0.25, 0.3) is 0 Å². The standard InChI is InChI=1S/C17H32N2/c1-15-10-13-18-17(11-6-7-12-17)14-19(15)16-8-4-2-3-5-9-16/h15-16,18H,2-14H2,1H3. The van der Waals surface area contributed by atoms with Crippen molar-refractivity contribution in [2.24, 2.45) is 0 Å². The van der Waals surface area contributed by atoms with E-state index in [1.54, 1.807) is 0 Å². The number of hydrogen-bond donors (Lipinski definition) is 1. The molecule has 2 nitrogen and oxygen atoms in total. The number of hydrogen-bond acceptors (Lipinski definition) is 2. The van der Waals surface area contributed by atoms with Crippen molar-refractivity contribution in [2.75, 3.05) is 13.1 Å². The molecule has 2 saturated carbocycles. The predicted octanol–water partition coefficient (Wildman–Crippen LogP) is 3.71. The van der Waals surface area contributed by atoms with E-state index < -0.39 is 0 Å². The summed E-state index contributed by atoms with van der Waals surface area (Å²) in [6.07, 6.45) is 15.9. The van der Waals surface area contributed by atoms with Crippen LogP contribution in [0.15, 0.2) is 0 Å². The van der Waals surface area contributed by atoms with Crippen LogP contribution in [0.4, 0.5) is 0 Å². The first-order chi connectivity index (χ1) is 9.29. The van der Waals surface area contributed by atoms with Crippen molar-refractivity contribution in [1.82, 2.24) is 10.2 Å². The Morgan fingerprint density at radius 2 is 1.58 bits per heavy atom. The summed E-state index contributed by atoms with van der Waals surface area (Å²) in [6.45, 7) is 5.05. The van der Waals surface area contributed by atoms with Crippen LogP contribution in [-0.2, 0) is 0 Å². The molecule has 1 unspecified atom stereocenters. The van der Waals surface area contributed by atoms with E-state index in [9.17, 15) is 0 Å². The lowest BCUT2D eigenvalue weighted by Gasteiger charge is -2.40. The zero-order valence-electron chi connectivity index (χ0n) is 12.8. The van der Waals surface area contributed by atoms with Crippen LogP contribution in [0.5, 0.6) is 0 Å². The van der Waals surface area contributed by atoms with Gasteiger partial charge in [0, 0.05) is 24.2 Å². The van der Waals surface area contributed by atoms with Crippen LogP contribution >= 0.6 is 0 Å². The third-order valence-corrected chi connectivity index (χ3v) is 5.97. The first-order valence-corrected chi connectivity index (χ1v) is 8.80. The highest BCUT2D eigenvalue weighted by atomic mass is 15.2. The van der Waals surface area contributed by atoms with Gasteiger partial charge in [-0.05, 0) is 45.6 Å². The SMILES string of the molecule is CC1CCNC2(CCCC2)CN1C1CCCCCC1. The van der Waals surface area contributed by atoms with Crippen LogP contribution < -0.4 is 5.32 Å². The highest BCUT2D eigenvalue weighted by Gasteiger charge is 2.39. The Bertz CT molecular complexity index is 275. The monoisotopic (exact) mass is 264 g/mol. The van der Waals surface area contributed by atoms with E-state index in [1.165, 1.54) is 83.7 Å². The molecule has 0 amide bonds. The van der Waals surface area contributed by atoms with Crippen LogP contribution in [-0.4, -0.2) is 35.6 Å². The second kappa shape index (κ2) is 6.13. The molecule has 2 aliphatic carbocycles. The maximum Gasteiger partial charge on any atom is 0.0309 e. The zero-order chi connectivity index (χ0) is 13.1. The quantitative estimate of drug-likeness (QED) is 0.726. The number of rotatable bonds is 1. The van der Waals surface area contributed by atoms with Crippen molar-refractivity contribution in [1.29, 1.82) is 0 Å². The molecule has 1 aliphatic heterocycles. The van der Waals surface area contributed by atoms with E-state index in [2.05, 4.69) is 17.1 Å². The highest BCUT2D eigenvalue weighted by molar-refractivity contribution is 4.99. The Morgan fingerprint density at radius 3 is 2.26 bits per heavy atom. The van der Waals surface area contributed by atoms with Crippen LogP contribution in [0.1, 0.15) is 77.6 Å². The van der Waals surface area contributed by atoms with Gasteiger partial charge in [0.05, 0.1) is 0 Å². The van der Waals surface area contributed by atoms with Crippen molar-refractivity contribution in [2.45, 2.75) is 95.2 Å².